The number of carbonyl (C=O) groups is 1. The van der Waals surface area contributed by atoms with Crippen LogP contribution in [-0.2, 0) is 4.74 Å². The monoisotopic (exact) mass is 323 g/mol. The highest BCUT2D eigenvalue weighted by atomic mass is 32.2. The first-order chi connectivity index (χ1) is 10.7. The van der Waals surface area contributed by atoms with Crippen LogP contribution in [0.15, 0.2) is 29.2 Å². The summed E-state index contributed by atoms with van der Waals surface area (Å²) in [5, 5.41) is 3.11. The van der Waals surface area contributed by atoms with E-state index in [0.717, 1.165) is 29.2 Å². The molecule has 124 valence electrons. The molecule has 4 heteroatoms. The number of carbonyl (C=O) groups excluding carboxylic acids is 1. The molecule has 0 heterocycles. The molecule has 0 saturated heterocycles. The lowest BCUT2D eigenvalue weighted by Crippen LogP contribution is -2.29. The summed E-state index contributed by atoms with van der Waals surface area (Å²) in [6.45, 7) is 5.86. The molecule has 0 radical (unpaired) electrons. The zero-order chi connectivity index (χ0) is 16.2. The van der Waals surface area contributed by atoms with Crippen molar-refractivity contribution in [2.75, 3.05) is 26.0 Å². The van der Waals surface area contributed by atoms with Crippen molar-refractivity contribution in [1.82, 2.24) is 5.32 Å². The Morgan fingerprint density at radius 3 is 2.77 bits per heavy atom. The van der Waals surface area contributed by atoms with Crippen molar-refractivity contribution in [2.45, 2.75) is 44.4 Å². The van der Waals surface area contributed by atoms with Crippen molar-refractivity contribution in [2.24, 2.45) is 5.92 Å². The maximum absolute atomic E-state index is 12.4. The second kappa shape index (κ2) is 11.6. The van der Waals surface area contributed by atoms with Crippen LogP contribution in [-0.4, -0.2) is 31.9 Å². The van der Waals surface area contributed by atoms with Crippen molar-refractivity contribution in [3.05, 3.63) is 29.8 Å². The van der Waals surface area contributed by atoms with Crippen LogP contribution < -0.4 is 5.32 Å². The molecule has 1 N–H and O–H groups in total. The molecule has 0 aromatic heterocycles. The van der Waals surface area contributed by atoms with Gasteiger partial charge in [-0.15, -0.1) is 11.8 Å². The molecule has 0 aliphatic heterocycles. The Morgan fingerprint density at radius 2 is 2.09 bits per heavy atom. The summed E-state index contributed by atoms with van der Waals surface area (Å²) in [6.07, 6.45) is 4.75. The fraction of sp³-hybridized carbons (Fsp3) is 0.611. The molecule has 22 heavy (non-hydrogen) atoms. The summed E-state index contributed by atoms with van der Waals surface area (Å²) in [7, 11) is 1.69. The normalized spacial score (nSPS) is 12.1. The van der Waals surface area contributed by atoms with Crippen LogP contribution in [0.5, 0.6) is 0 Å². The minimum absolute atomic E-state index is 0.0375. The molecule has 1 aromatic carbocycles. The van der Waals surface area contributed by atoms with Gasteiger partial charge in [0.2, 0.25) is 0 Å². The van der Waals surface area contributed by atoms with Crippen molar-refractivity contribution in [1.29, 1.82) is 0 Å². The zero-order valence-corrected chi connectivity index (χ0v) is 14.9. The number of benzene rings is 1. The summed E-state index contributed by atoms with van der Waals surface area (Å²) in [6, 6.07) is 7.80. The van der Waals surface area contributed by atoms with E-state index in [0.29, 0.717) is 12.5 Å². The first-order valence-electron chi connectivity index (χ1n) is 8.21. The van der Waals surface area contributed by atoms with Crippen LogP contribution in [0.25, 0.3) is 0 Å². The second-order valence-corrected chi connectivity index (χ2v) is 6.60. The van der Waals surface area contributed by atoms with Crippen LogP contribution in [0, 0.1) is 5.92 Å². The third-order valence-corrected chi connectivity index (χ3v) is 4.81. The fourth-order valence-electron chi connectivity index (χ4n) is 2.29. The maximum atomic E-state index is 12.4. The number of ether oxygens (including phenoxy) is 1. The molecule has 0 aliphatic carbocycles. The van der Waals surface area contributed by atoms with E-state index in [9.17, 15) is 4.79 Å². The van der Waals surface area contributed by atoms with Crippen molar-refractivity contribution in [3.63, 3.8) is 0 Å². The first-order valence-corrected chi connectivity index (χ1v) is 9.20. The van der Waals surface area contributed by atoms with Gasteiger partial charge in [-0.3, -0.25) is 4.79 Å². The second-order valence-electron chi connectivity index (χ2n) is 5.46. The SMILES string of the molecule is CCCC[C@H](CC)CNC(=O)c1ccccc1SCCOC. The average molecular weight is 324 g/mol. The molecule has 1 rings (SSSR count). The van der Waals surface area contributed by atoms with E-state index >= 15 is 0 Å². The standard InChI is InChI=1S/C18H29NO2S/c1-4-6-9-15(5-2)14-19-18(20)16-10-7-8-11-17(16)22-13-12-21-3/h7-8,10-11,15H,4-6,9,12-14H2,1-3H3,(H,19,20)/t15-/m0/s1. The molecule has 0 fully saturated rings. The quantitative estimate of drug-likeness (QED) is 0.485. The lowest BCUT2D eigenvalue weighted by atomic mass is 9.99. The number of amides is 1. The highest BCUT2D eigenvalue weighted by Crippen LogP contribution is 2.22. The first kappa shape index (κ1) is 19.0. The number of unbranched alkanes of at least 4 members (excludes halogenated alkanes) is 1. The van der Waals surface area contributed by atoms with Gasteiger partial charge in [0.05, 0.1) is 12.2 Å². The van der Waals surface area contributed by atoms with Gasteiger partial charge >= 0.3 is 0 Å². The predicted octanol–water partition coefficient (Wildman–Crippen LogP) is 4.37. The molecule has 3 nitrogen and oxygen atoms in total. The van der Waals surface area contributed by atoms with Crippen LogP contribution in [0.3, 0.4) is 0 Å². The molecule has 0 spiro atoms. The Balaban J connectivity index is 2.57. The van der Waals surface area contributed by atoms with E-state index in [1.54, 1.807) is 18.9 Å². The number of rotatable bonds is 11. The largest absolute Gasteiger partial charge is 0.384 e. The van der Waals surface area contributed by atoms with Gasteiger partial charge in [-0.2, -0.15) is 0 Å². The van der Waals surface area contributed by atoms with Gasteiger partial charge in [0.15, 0.2) is 0 Å². The maximum Gasteiger partial charge on any atom is 0.252 e. The van der Waals surface area contributed by atoms with E-state index in [4.69, 9.17) is 4.74 Å². The highest BCUT2D eigenvalue weighted by molar-refractivity contribution is 7.99. The molecule has 1 aromatic rings. The number of hydrogen-bond acceptors (Lipinski definition) is 3. The minimum Gasteiger partial charge on any atom is -0.384 e. The Hall–Kier alpha value is -1.00. The van der Waals surface area contributed by atoms with Crippen LogP contribution in [0.1, 0.15) is 49.9 Å². The molecule has 0 bridgehead atoms. The summed E-state index contributed by atoms with van der Waals surface area (Å²) >= 11 is 1.67. The van der Waals surface area contributed by atoms with Crippen LogP contribution >= 0.6 is 11.8 Å². The third kappa shape index (κ3) is 6.84. The number of methoxy groups -OCH3 is 1. The van der Waals surface area contributed by atoms with Gasteiger partial charge in [0.1, 0.15) is 0 Å². The smallest absolute Gasteiger partial charge is 0.252 e. The summed E-state index contributed by atoms with van der Waals surface area (Å²) in [4.78, 5) is 13.5. The topological polar surface area (TPSA) is 38.3 Å². The Kier molecular flexibility index (Phi) is 10.0. The van der Waals surface area contributed by atoms with Gasteiger partial charge in [-0.1, -0.05) is 45.2 Å². The number of thioether (sulfide) groups is 1. The molecule has 1 amide bonds. The molecule has 0 aliphatic rings. The van der Waals surface area contributed by atoms with Crippen molar-refractivity contribution < 1.29 is 9.53 Å². The Bertz CT molecular complexity index is 437. The molecular formula is C18H29NO2S. The van der Waals surface area contributed by atoms with Gasteiger partial charge in [-0.05, 0) is 24.5 Å². The Morgan fingerprint density at radius 1 is 1.32 bits per heavy atom. The molecule has 0 saturated carbocycles. The van der Waals surface area contributed by atoms with Crippen molar-refractivity contribution in [3.8, 4) is 0 Å². The number of hydrogen-bond donors (Lipinski definition) is 1. The van der Waals surface area contributed by atoms with E-state index in [-0.39, 0.29) is 5.91 Å². The van der Waals surface area contributed by atoms with Crippen molar-refractivity contribution >= 4 is 17.7 Å². The van der Waals surface area contributed by atoms with Crippen LogP contribution in [0.4, 0.5) is 0 Å². The average Bonchev–Trinajstić information content (AvgIpc) is 2.55. The predicted molar refractivity (Wildman–Crippen MR) is 94.7 cm³/mol. The fourth-order valence-corrected chi connectivity index (χ4v) is 3.25. The van der Waals surface area contributed by atoms with Gasteiger partial charge in [-0.25, -0.2) is 0 Å². The summed E-state index contributed by atoms with van der Waals surface area (Å²) in [5.41, 5.74) is 0.772. The zero-order valence-electron chi connectivity index (χ0n) is 14.1. The third-order valence-electron chi connectivity index (χ3n) is 3.77. The highest BCUT2D eigenvalue weighted by Gasteiger charge is 2.13. The van der Waals surface area contributed by atoms with E-state index < -0.39 is 0 Å². The van der Waals surface area contributed by atoms with Gasteiger partial charge < -0.3 is 10.1 Å². The molecule has 1 atom stereocenters. The minimum atomic E-state index is 0.0375. The summed E-state index contributed by atoms with van der Waals surface area (Å²) < 4.78 is 5.07. The lowest BCUT2D eigenvalue weighted by molar-refractivity contribution is 0.0943. The van der Waals surface area contributed by atoms with E-state index in [1.807, 2.05) is 24.3 Å². The Labute approximate surface area is 139 Å². The lowest BCUT2D eigenvalue weighted by Gasteiger charge is -2.16. The molecular weight excluding hydrogens is 294 g/mol. The van der Waals surface area contributed by atoms with E-state index in [1.165, 1.54) is 19.3 Å². The van der Waals surface area contributed by atoms with Gasteiger partial charge in [0, 0.05) is 24.3 Å². The summed E-state index contributed by atoms with van der Waals surface area (Å²) in [5.74, 6) is 1.47. The number of nitrogens with one attached hydrogen (secondary N) is 1. The van der Waals surface area contributed by atoms with E-state index in [2.05, 4.69) is 19.2 Å². The van der Waals surface area contributed by atoms with Gasteiger partial charge in [0.25, 0.3) is 5.91 Å². The van der Waals surface area contributed by atoms with Crippen LogP contribution in [0.2, 0.25) is 0 Å². The molecule has 0 unspecified atom stereocenters.